The largest absolute Gasteiger partial charge is 0.512 e. The maximum atomic E-state index is 12.2. The van der Waals surface area contributed by atoms with E-state index in [1.165, 1.54) is 57.7 Å². The van der Waals surface area contributed by atoms with E-state index in [9.17, 15) is 9.90 Å². The van der Waals surface area contributed by atoms with Crippen LogP contribution in [0.5, 0.6) is 0 Å². The van der Waals surface area contributed by atoms with Crippen LogP contribution in [0, 0.1) is 29.7 Å². The molecule has 0 unspecified atom stereocenters. The molecule has 0 aliphatic carbocycles. The summed E-state index contributed by atoms with van der Waals surface area (Å²) in [4.78, 5) is 18.6. The van der Waals surface area contributed by atoms with E-state index in [1.54, 1.807) is 0 Å². The molecule has 3 heterocycles. The molecule has 0 bridgehead atoms. The number of pyridine rings is 1. The third kappa shape index (κ3) is 8.52. The molecular weight excluding hydrogens is 867 g/mol. The zero-order valence-electron chi connectivity index (χ0n) is 33.8. The van der Waals surface area contributed by atoms with E-state index in [0.717, 1.165) is 48.7 Å². The van der Waals surface area contributed by atoms with Crippen LogP contribution in [0.3, 0.4) is 0 Å². The Kier molecular flexibility index (Phi) is 13.6. The maximum absolute atomic E-state index is 12.2. The minimum Gasteiger partial charge on any atom is -0.512 e. The Morgan fingerprint density at radius 2 is 1.49 bits per heavy atom. The van der Waals surface area contributed by atoms with Crippen LogP contribution >= 0.6 is 22.7 Å². The molecule has 6 rings (SSSR count). The number of benzene rings is 3. The van der Waals surface area contributed by atoms with Crippen LogP contribution in [0.25, 0.3) is 52.3 Å². The molecule has 3 aromatic heterocycles. The number of aliphatic hydroxyl groups is 1. The fraction of sp³-hybridized carbons (Fsp3) is 0.447. The first-order valence-corrected chi connectivity index (χ1v) is 20.8. The van der Waals surface area contributed by atoms with Crippen LogP contribution in [0.4, 0.5) is 0 Å². The Labute approximate surface area is 339 Å². The standard InChI is InChI=1S/C32H30NS2.C15H28O2.Ir/c1-18(2)15-25-19(3)34-30-23(25)11-12-27-28(30)24-13-14-33-29(31(24)35-27)21-16-20-9-7-8-10-22(20)26(17-21)32(4,5)6;1-7-14(5,8-2)12(16)11-13(17)15(6,9-3)10-4;/h7-14,17-18H,15H2,1-6H3;11,16H,7-10H2,1-6H3;/q-1;;/b;12-11-;. The zero-order chi connectivity index (χ0) is 38.2. The van der Waals surface area contributed by atoms with Gasteiger partial charge >= 0.3 is 0 Å². The second-order valence-electron chi connectivity index (χ2n) is 16.5. The molecule has 285 valence electrons. The second kappa shape index (κ2) is 16.9. The van der Waals surface area contributed by atoms with Gasteiger partial charge < -0.3 is 5.11 Å². The molecule has 0 amide bonds. The van der Waals surface area contributed by atoms with Crippen molar-refractivity contribution in [2.24, 2.45) is 16.7 Å². The van der Waals surface area contributed by atoms with Crippen LogP contribution in [-0.2, 0) is 36.7 Å². The zero-order valence-corrected chi connectivity index (χ0v) is 37.9. The van der Waals surface area contributed by atoms with Gasteiger partial charge in [-0.2, -0.15) is 0 Å². The van der Waals surface area contributed by atoms with Crippen molar-refractivity contribution in [1.29, 1.82) is 0 Å². The van der Waals surface area contributed by atoms with Crippen molar-refractivity contribution in [2.45, 2.75) is 121 Å². The minimum atomic E-state index is -0.337. The Morgan fingerprint density at radius 3 is 2.09 bits per heavy atom. The third-order valence-electron chi connectivity index (χ3n) is 11.6. The molecule has 6 heteroatoms. The van der Waals surface area contributed by atoms with E-state index in [-0.39, 0.29) is 47.9 Å². The van der Waals surface area contributed by atoms with E-state index in [4.69, 9.17) is 4.98 Å². The number of hydrogen-bond acceptors (Lipinski definition) is 5. The molecule has 0 aliphatic rings. The van der Waals surface area contributed by atoms with Gasteiger partial charge in [-0.3, -0.25) is 9.78 Å². The summed E-state index contributed by atoms with van der Waals surface area (Å²) in [5, 5.41) is 16.7. The number of aryl methyl sites for hydroxylation is 1. The van der Waals surface area contributed by atoms with Crippen molar-refractivity contribution in [2.75, 3.05) is 0 Å². The first kappa shape index (κ1) is 42.8. The number of allylic oxidation sites excluding steroid dienone is 2. The summed E-state index contributed by atoms with van der Waals surface area (Å²) in [6.45, 7) is 25.9. The SMILES string of the molecule is CCC(C)(CC)C(=O)/C=C(\O)C(C)(CC)CC.Cc1sc2c(ccc3sc4c(-c5[c-]c6ccccc6c(C(C)(C)C)c5)nccc4c32)c1CC(C)C.[Ir]. The number of nitrogens with zero attached hydrogens (tertiary/aromatic N) is 1. The van der Waals surface area contributed by atoms with Gasteiger partial charge in [0.2, 0.25) is 0 Å². The molecule has 0 fully saturated rings. The van der Waals surface area contributed by atoms with E-state index >= 15 is 0 Å². The van der Waals surface area contributed by atoms with E-state index in [2.05, 4.69) is 96.1 Å². The number of aromatic nitrogens is 1. The molecule has 53 heavy (non-hydrogen) atoms. The first-order chi connectivity index (χ1) is 24.5. The number of thiophene rings is 2. The molecule has 1 N–H and O–H groups in total. The van der Waals surface area contributed by atoms with Crippen molar-refractivity contribution in [3.05, 3.63) is 88.6 Å². The van der Waals surface area contributed by atoms with Crippen molar-refractivity contribution in [1.82, 2.24) is 4.98 Å². The number of aliphatic hydroxyl groups excluding tert-OH is 1. The average molecular weight is 925 g/mol. The summed E-state index contributed by atoms with van der Waals surface area (Å²) in [7, 11) is 0. The van der Waals surface area contributed by atoms with Crippen LogP contribution in [0.1, 0.15) is 118 Å². The summed E-state index contributed by atoms with van der Waals surface area (Å²) in [5.41, 5.74) is 4.43. The molecule has 0 atom stereocenters. The fourth-order valence-electron chi connectivity index (χ4n) is 7.03. The second-order valence-corrected chi connectivity index (χ2v) is 18.8. The normalized spacial score (nSPS) is 12.8. The van der Waals surface area contributed by atoms with Crippen molar-refractivity contribution in [3.8, 4) is 11.3 Å². The van der Waals surface area contributed by atoms with Gasteiger partial charge in [0.25, 0.3) is 0 Å². The topological polar surface area (TPSA) is 50.2 Å². The van der Waals surface area contributed by atoms with Crippen molar-refractivity contribution < 1.29 is 30.0 Å². The Balaban J connectivity index is 0.000000299. The molecular formula is C47H58IrNO2S2-. The Bertz CT molecular complexity index is 2260. The molecule has 3 nitrogen and oxygen atoms in total. The summed E-state index contributed by atoms with van der Waals surface area (Å²) >= 11 is 3.83. The average Bonchev–Trinajstić information content (AvgIpc) is 3.66. The first-order valence-electron chi connectivity index (χ1n) is 19.1. The molecule has 0 saturated carbocycles. The van der Waals surface area contributed by atoms with Gasteiger partial charge in [0.1, 0.15) is 5.76 Å². The number of ketones is 1. The summed E-state index contributed by atoms with van der Waals surface area (Å²) in [6.07, 6.45) is 7.87. The minimum absolute atomic E-state index is 0. The smallest absolute Gasteiger partial charge is 0.164 e. The van der Waals surface area contributed by atoms with Gasteiger partial charge in [-0.1, -0.05) is 111 Å². The summed E-state index contributed by atoms with van der Waals surface area (Å²) in [5.74, 6) is 0.937. The quantitative estimate of drug-likeness (QED) is 0.0846. The van der Waals surface area contributed by atoms with Crippen molar-refractivity contribution in [3.63, 3.8) is 0 Å². The summed E-state index contributed by atoms with van der Waals surface area (Å²) < 4.78 is 4.03. The van der Waals surface area contributed by atoms with E-state index < -0.39 is 0 Å². The van der Waals surface area contributed by atoms with Gasteiger partial charge in [-0.05, 0) is 78.8 Å². The predicted molar refractivity (Wildman–Crippen MR) is 229 cm³/mol. The molecule has 0 saturated heterocycles. The van der Waals surface area contributed by atoms with Gasteiger partial charge in [0.15, 0.2) is 5.78 Å². The van der Waals surface area contributed by atoms with Gasteiger partial charge in [0.05, 0.1) is 0 Å². The number of hydrogen-bond donors (Lipinski definition) is 1. The Morgan fingerprint density at radius 1 is 0.849 bits per heavy atom. The predicted octanol–water partition coefficient (Wildman–Crippen LogP) is 14.7. The maximum Gasteiger partial charge on any atom is 0.164 e. The third-order valence-corrected chi connectivity index (χ3v) is 13.9. The van der Waals surface area contributed by atoms with Crippen molar-refractivity contribution >= 4 is 69.5 Å². The molecule has 1 radical (unpaired) electrons. The molecule has 6 aromatic rings. The number of rotatable bonds is 10. The number of fused-ring (bicyclic) bond motifs is 6. The fourth-order valence-corrected chi connectivity index (χ4v) is 9.55. The van der Waals surface area contributed by atoms with Crippen LogP contribution < -0.4 is 0 Å². The van der Waals surface area contributed by atoms with E-state index in [1.807, 2.05) is 70.4 Å². The molecule has 0 spiro atoms. The number of carbonyl (C=O) groups is 1. The Hall–Kier alpha value is -2.89. The van der Waals surface area contributed by atoms with Gasteiger partial charge in [-0.25, -0.2) is 0 Å². The van der Waals surface area contributed by atoms with Gasteiger partial charge in [0, 0.05) is 73.3 Å². The van der Waals surface area contributed by atoms with Crippen LogP contribution in [-0.4, -0.2) is 15.9 Å². The monoisotopic (exact) mass is 925 g/mol. The van der Waals surface area contributed by atoms with Crippen LogP contribution in [0.15, 0.2) is 66.6 Å². The number of carbonyl (C=O) groups excluding carboxylic acids is 1. The molecule has 3 aromatic carbocycles. The van der Waals surface area contributed by atoms with Crippen LogP contribution in [0.2, 0.25) is 0 Å². The summed E-state index contributed by atoms with van der Waals surface area (Å²) in [6, 6.07) is 21.5. The van der Waals surface area contributed by atoms with Gasteiger partial charge in [-0.15, -0.1) is 51.8 Å². The van der Waals surface area contributed by atoms with E-state index in [0.29, 0.717) is 5.92 Å². The molecule has 0 aliphatic heterocycles.